The van der Waals surface area contributed by atoms with Crippen LogP contribution in [-0.2, 0) is 11.3 Å². The molecular weight excluding hydrogens is 308 g/mol. The Morgan fingerprint density at radius 1 is 1.21 bits per heavy atom. The molecule has 2 amide bonds. The van der Waals surface area contributed by atoms with Crippen LogP contribution in [0, 0.1) is 0 Å². The average Bonchev–Trinajstić information content (AvgIpc) is 3.10. The van der Waals surface area contributed by atoms with E-state index in [2.05, 4.69) is 15.2 Å². The summed E-state index contributed by atoms with van der Waals surface area (Å²) in [6.45, 7) is 5.43. The number of anilines is 1. The van der Waals surface area contributed by atoms with E-state index in [9.17, 15) is 9.59 Å². The summed E-state index contributed by atoms with van der Waals surface area (Å²) >= 11 is 0. The van der Waals surface area contributed by atoms with Crippen molar-refractivity contribution in [3.8, 4) is 0 Å². The number of nitrogens with one attached hydrogen (secondary N) is 1. The van der Waals surface area contributed by atoms with Gasteiger partial charge in [-0.25, -0.2) is 4.98 Å². The molecule has 0 bridgehead atoms. The van der Waals surface area contributed by atoms with Gasteiger partial charge in [0.25, 0.3) is 5.91 Å². The van der Waals surface area contributed by atoms with E-state index < -0.39 is 0 Å². The minimum Gasteiger partial charge on any atom is -0.472 e. The molecule has 7 heteroatoms. The molecule has 1 saturated heterocycles. The summed E-state index contributed by atoms with van der Waals surface area (Å²) in [6.07, 6.45) is 2.85. The van der Waals surface area contributed by atoms with E-state index in [0.29, 0.717) is 17.9 Å². The Bertz CT molecular complexity index is 706. The maximum atomic E-state index is 12.0. The Balaban J connectivity index is 1.58. The van der Waals surface area contributed by atoms with Crippen molar-refractivity contribution in [2.75, 3.05) is 31.5 Å². The van der Waals surface area contributed by atoms with E-state index in [1.54, 1.807) is 19.1 Å². The van der Waals surface area contributed by atoms with E-state index >= 15 is 0 Å². The second-order valence-electron chi connectivity index (χ2n) is 5.76. The SMILES string of the molecule is CC(=O)N1CCN(Cc2cccc(NC(=O)c3ccoc3)n2)CC1. The van der Waals surface area contributed by atoms with E-state index in [1.165, 1.54) is 12.5 Å². The quantitative estimate of drug-likeness (QED) is 0.922. The predicted molar refractivity (Wildman–Crippen MR) is 88.4 cm³/mol. The van der Waals surface area contributed by atoms with Gasteiger partial charge in [0, 0.05) is 39.6 Å². The summed E-state index contributed by atoms with van der Waals surface area (Å²) in [5.74, 6) is 0.390. The molecule has 2 aromatic rings. The molecule has 3 rings (SSSR count). The molecule has 3 heterocycles. The van der Waals surface area contributed by atoms with Crippen LogP contribution in [0.15, 0.2) is 41.2 Å². The van der Waals surface area contributed by atoms with E-state index in [-0.39, 0.29) is 11.8 Å². The third-order valence-corrected chi connectivity index (χ3v) is 4.03. The van der Waals surface area contributed by atoms with E-state index in [0.717, 1.165) is 31.9 Å². The largest absolute Gasteiger partial charge is 0.472 e. The van der Waals surface area contributed by atoms with Crippen LogP contribution >= 0.6 is 0 Å². The van der Waals surface area contributed by atoms with Crippen molar-refractivity contribution in [1.82, 2.24) is 14.8 Å². The Hall–Kier alpha value is -2.67. The Kier molecular flexibility index (Phi) is 4.90. The number of carbonyl (C=O) groups is 2. The maximum absolute atomic E-state index is 12.0. The molecule has 1 fully saturated rings. The highest BCUT2D eigenvalue weighted by Gasteiger charge is 2.19. The van der Waals surface area contributed by atoms with Crippen LogP contribution in [0.3, 0.4) is 0 Å². The Labute approximate surface area is 140 Å². The zero-order valence-corrected chi connectivity index (χ0v) is 13.6. The summed E-state index contributed by atoms with van der Waals surface area (Å²) in [5.41, 5.74) is 1.35. The first-order chi connectivity index (χ1) is 11.6. The third-order valence-electron chi connectivity index (χ3n) is 4.03. The summed E-state index contributed by atoms with van der Waals surface area (Å²) < 4.78 is 4.91. The third kappa shape index (κ3) is 3.99. The highest BCUT2D eigenvalue weighted by atomic mass is 16.3. The second-order valence-corrected chi connectivity index (χ2v) is 5.76. The number of nitrogens with zero attached hydrogens (tertiary/aromatic N) is 3. The van der Waals surface area contributed by atoms with Crippen molar-refractivity contribution < 1.29 is 14.0 Å². The van der Waals surface area contributed by atoms with E-state index in [1.807, 2.05) is 17.0 Å². The molecule has 24 heavy (non-hydrogen) atoms. The number of hydrogen-bond acceptors (Lipinski definition) is 5. The standard InChI is InChI=1S/C17H20N4O3/c1-13(22)21-8-6-20(7-9-21)11-15-3-2-4-16(18-15)19-17(23)14-5-10-24-12-14/h2-5,10,12H,6-9,11H2,1H3,(H,18,19,23). The normalized spacial score (nSPS) is 15.3. The van der Waals surface area contributed by atoms with E-state index in [4.69, 9.17) is 4.42 Å². The summed E-state index contributed by atoms with van der Waals surface area (Å²) in [6, 6.07) is 7.17. The van der Waals surface area contributed by atoms with Gasteiger partial charge in [-0.1, -0.05) is 6.07 Å². The van der Waals surface area contributed by atoms with Crippen LogP contribution in [0.5, 0.6) is 0 Å². The van der Waals surface area contributed by atoms with Crippen molar-refractivity contribution in [2.45, 2.75) is 13.5 Å². The molecule has 0 unspecified atom stereocenters. The van der Waals surface area contributed by atoms with Crippen LogP contribution in [0.4, 0.5) is 5.82 Å². The predicted octanol–water partition coefficient (Wildman–Crippen LogP) is 1.59. The topological polar surface area (TPSA) is 78.7 Å². The van der Waals surface area contributed by atoms with Gasteiger partial charge in [-0.05, 0) is 18.2 Å². The van der Waals surface area contributed by atoms with Gasteiger partial charge in [0.1, 0.15) is 12.1 Å². The minimum atomic E-state index is -0.247. The van der Waals surface area contributed by atoms with Gasteiger partial charge < -0.3 is 14.6 Å². The fourth-order valence-corrected chi connectivity index (χ4v) is 2.67. The van der Waals surface area contributed by atoms with Crippen LogP contribution in [-0.4, -0.2) is 52.8 Å². The molecule has 1 aliphatic heterocycles. The number of hydrogen-bond donors (Lipinski definition) is 1. The van der Waals surface area contributed by atoms with Gasteiger partial charge in [0.15, 0.2) is 0 Å². The summed E-state index contributed by atoms with van der Waals surface area (Å²) in [5, 5.41) is 2.76. The lowest BCUT2D eigenvalue weighted by atomic mass is 10.2. The zero-order chi connectivity index (χ0) is 16.9. The highest BCUT2D eigenvalue weighted by molar-refractivity contribution is 6.03. The number of aromatic nitrogens is 1. The van der Waals surface area contributed by atoms with Crippen molar-refractivity contribution in [3.63, 3.8) is 0 Å². The fraction of sp³-hybridized carbons (Fsp3) is 0.353. The lowest BCUT2D eigenvalue weighted by Crippen LogP contribution is -2.47. The molecule has 2 aromatic heterocycles. The first-order valence-corrected chi connectivity index (χ1v) is 7.89. The molecule has 1 N–H and O–H groups in total. The number of rotatable bonds is 4. The molecular formula is C17H20N4O3. The van der Waals surface area contributed by atoms with Crippen LogP contribution in [0.2, 0.25) is 0 Å². The van der Waals surface area contributed by atoms with Crippen LogP contribution in [0.25, 0.3) is 0 Å². The van der Waals surface area contributed by atoms with Gasteiger partial charge in [-0.15, -0.1) is 0 Å². The van der Waals surface area contributed by atoms with Gasteiger partial charge in [0.2, 0.25) is 5.91 Å². The molecule has 0 atom stereocenters. The first kappa shape index (κ1) is 16.2. The Morgan fingerprint density at radius 3 is 2.67 bits per heavy atom. The fourth-order valence-electron chi connectivity index (χ4n) is 2.67. The number of piperazine rings is 1. The maximum Gasteiger partial charge on any atom is 0.260 e. The first-order valence-electron chi connectivity index (χ1n) is 7.89. The molecule has 0 aromatic carbocycles. The molecule has 7 nitrogen and oxygen atoms in total. The number of amides is 2. The summed E-state index contributed by atoms with van der Waals surface area (Å²) in [4.78, 5) is 32.0. The van der Waals surface area contributed by atoms with Crippen molar-refractivity contribution in [2.24, 2.45) is 0 Å². The van der Waals surface area contributed by atoms with Crippen LogP contribution < -0.4 is 5.32 Å². The van der Waals surface area contributed by atoms with Crippen molar-refractivity contribution in [3.05, 3.63) is 48.0 Å². The second kappa shape index (κ2) is 7.27. The molecule has 126 valence electrons. The van der Waals surface area contributed by atoms with Crippen LogP contribution in [0.1, 0.15) is 23.0 Å². The average molecular weight is 328 g/mol. The lowest BCUT2D eigenvalue weighted by Gasteiger charge is -2.33. The number of carbonyl (C=O) groups excluding carboxylic acids is 2. The zero-order valence-electron chi connectivity index (χ0n) is 13.6. The molecule has 0 aliphatic carbocycles. The number of furan rings is 1. The molecule has 1 aliphatic rings. The minimum absolute atomic E-state index is 0.122. The van der Waals surface area contributed by atoms with Gasteiger partial charge in [0.05, 0.1) is 17.5 Å². The lowest BCUT2D eigenvalue weighted by molar-refractivity contribution is -0.130. The molecule has 0 spiro atoms. The van der Waals surface area contributed by atoms with Crippen molar-refractivity contribution >= 4 is 17.6 Å². The van der Waals surface area contributed by atoms with Gasteiger partial charge >= 0.3 is 0 Å². The highest BCUT2D eigenvalue weighted by Crippen LogP contribution is 2.11. The monoisotopic (exact) mass is 328 g/mol. The summed E-state index contributed by atoms with van der Waals surface area (Å²) in [7, 11) is 0. The molecule has 0 saturated carbocycles. The Morgan fingerprint density at radius 2 is 2.00 bits per heavy atom. The van der Waals surface area contributed by atoms with Gasteiger partial charge in [-0.3, -0.25) is 14.5 Å². The van der Waals surface area contributed by atoms with Gasteiger partial charge in [-0.2, -0.15) is 0 Å². The number of pyridine rings is 1. The smallest absolute Gasteiger partial charge is 0.260 e. The van der Waals surface area contributed by atoms with Crippen molar-refractivity contribution in [1.29, 1.82) is 0 Å². The molecule has 0 radical (unpaired) electrons.